The highest BCUT2D eigenvalue weighted by atomic mass is 16.2. The van der Waals surface area contributed by atoms with Gasteiger partial charge in [0.2, 0.25) is 0 Å². The number of aryl methyl sites for hydroxylation is 1. The standard InChI is InChI=1S/C19H26N4O/c1-15(9-10-16-7-5-4-6-8-16)22-19(24)21-14-17-11-12-20-18(13-17)23(2)3/h4-8,11-13,15H,9-10,14H2,1-3H3,(H2,21,22,24). The second-order valence-electron chi connectivity index (χ2n) is 6.17. The van der Waals surface area contributed by atoms with Gasteiger partial charge in [-0.25, -0.2) is 9.78 Å². The van der Waals surface area contributed by atoms with Crippen molar-refractivity contribution in [1.82, 2.24) is 15.6 Å². The van der Waals surface area contributed by atoms with Gasteiger partial charge in [-0.1, -0.05) is 30.3 Å². The van der Waals surface area contributed by atoms with E-state index in [9.17, 15) is 4.79 Å². The molecule has 0 aliphatic carbocycles. The van der Waals surface area contributed by atoms with E-state index >= 15 is 0 Å². The third-order valence-corrected chi connectivity index (χ3v) is 3.81. The summed E-state index contributed by atoms with van der Waals surface area (Å²) in [6.45, 7) is 2.51. The van der Waals surface area contributed by atoms with Crippen molar-refractivity contribution in [2.45, 2.75) is 32.4 Å². The summed E-state index contributed by atoms with van der Waals surface area (Å²) in [5, 5.41) is 5.88. The first-order chi connectivity index (χ1) is 11.5. The van der Waals surface area contributed by atoms with E-state index in [-0.39, 0.29) is 12.1 Å². The Kier molecular flexibility index (Phi) is 6.61. The Morgan fingerprint density at radius 1 is 1.17 bits per heavy atom. The van der Waals surface area contributed by atoms with Gasteiger partial charge in [0, 0.05) is 32.9 Å². The average molecular weight is 326 g/mol. The maximum Gasteiger partial charge on any atom is 0.315 e. The number of carbonyl (C=O) groups excluding carboxylic acids is 1. The normalized spacial score (nSPS) is 11.6. The number of hydrogen-bond donors (Lipinski definition) is 2. The van der Waals surface area contributed by atoms with Gasteiger partial charge in [0.1, 0.15) is 5.82 Å². The Morgan fingerprint density at radius 3 is 2.62 bits per heavy atom. The molecule has 5 heteroatoms. The summed E-state index contributed by atoms with van der Waals surface area (Å²) in [5.41, 5.74) is 2.32. The summed E-state index contributed by atoms with van der Waals surface area (Å²) >= 11 is 0. The molecule has 5 nitrogen and oxygen atoms in total. The summed E-state index contributed by atoms with van der Waals surface area (Å²) < 4.78 is 0. The third kappa shape index (κ3) is 5.91. The molecule has 0 spiro atoms. The number of benzene rings is 1. The molecule has 2 aromatic rings. The first-order valence-electron chi connectivity index (χ1n) is 8.25. The minimum Gasteiger partial charge on any atom is -0.363 e. The number of hydrogen-bond acceptors (Lipinski definition) is 3. The number of aromatic nitrogens is 1. The molecule has 1 atom stereocenters. The summed E-state index contributed by atoms with van der Waals surface area (Å²) in [4.78, 5) is 18.2. The maximum atomic E-state index is 12.0. The molecular formula is C19H26N4O. The Hall–Kier alpha value is -2.56. The van der Waals surface area contributed by atoms with Crippen LogP contribution in [0.2, 0.25) is 0 Å². The van der Waals surface area contributed by atoms with Crippen LogP contribution in [-0.4, -0.2) is 31.2 Å². The maximum absolute atomic E-state index is 12.0. The monoisotopic (exact) mass is 326 g/mol. The fourth-order valence-corrected chi connectivity index (χ4v) is 2.37. The van der Waals surface area contributed by atoms with Crippen molar-refractivity contribution in [3.8, 4) is 0 Å². The van der Waals surface area contributed by atoms with Gasteiger partial charge in [-0.3, -0.25) is 0 Å². The van der Waals surface area contributed by atoms with Crippen LogP contribution < -0.4 is 15.5 Å². The van der Waals surface area contributed by atoms with Crippen molar-refractivity contribution in [3.05, 3.63) is 59.8 Å². The molecule has 1 aromatic heterocycles. The molecule has 2 amide bonds. The van der Waals surface area contributed by atoms with Crippen molar-refractivity contribution in [2.75, 3.05) is 19.0 Å². The predicted octanol–water partition coefficient (Wildman–Crippen LogP) is 2.97. The second-order valence-corrected chi connectivity index (χ2v) is 6.17. The second kappa shape index (κ2) is 8.91. The number of anilines is 1. The molecule has 0 radical (unpaired) electrons. The first kappa shape index (κ1) is 17.8. The highest BCUT2D eigenvalue weighted by Crippen LogP contribution is 2.09. The molecule has 0 saturated heterocycles. The number of urea groups is 1. The van der Waals surface area contributed by atoms with Crippen LogP contribution in [0.4, 0.5) is 10.6 Å². The van der Waals surface area contributed by atoms with Crippen LogP contribution in [0.3, 0.4) is 0 Å². The minimum absolute atomic E-state index is 0.125. The number of pyridine rings is 1. The van der Waals surface area contributed by atoms with Crippen molar-refractivity contribution < 1.29 is 4.79 Å². The smallest absolute Gasteiger partial charge is 0.315 e. The lowest BCUT2D eigenvalue weighted by Crippen LogP contribution is -2.40. The van der Waals surface area contributed by atoms with E-state index < -0.39 is 0 Å². The van der Waals surface area contributed by atoms with Gasteiger partial charge in [0.25, 0.3) is 0 Å². The lowest BCUT2D eigenvalue weighted by atomic mass is 10.1. The van der Waals surface area contributed by atoms with Crippen LogP contribution in [0.1, 0.15) is 24.5 Å². The number of nitrogens with one attached hydrogen (secondary N) is 2. The topological polar surface area (TPSA) is 57.3 Å². The van der Waals surface area contributed by atoms with Crippen LogP contribution in [0.5, 0.6) is 0 Å². The molecule has 1 heterocycles. The molecule has 0 bridgehead atoms. The van der Waals surface area contributed by atoms with Crippen LogP contribution in [-0.2, 0) is 13.0 Å². The number of amides is 2. The molecule has 0 aliphatic heterocycles. The van der Waals surface area contributed by atoms with Gasteiger partial charge in [0.05, 0.1) is 0 Å². The van der Waals surface area contributed by atoms with E-state index in [1.165, 1.54) is 5.56 Å². The molecule has 0 aliphatic rings. The van der Waals surface area contributed by atoms with E-state index in [1.807, 2.05) is 56.3 Å². The Morgan fingerprint density at radius 2 is 1.92 bits per heavy atom. The average Bonchev–Trinajstić information content (AvgIpc) is 2.59. The first-order valence-corrected chi connectivity index (χ1v) is 8.25. The molecule has 24 heavy (non-hydrogen) atoms. The third-order valence-electron chi connectivity index (χ3n) is 3.81. The van der Waals surface area contributed by atoms with Crippen LogP contribution in [0.15, 0.2) is 48.7 Å². The largest absolute Gasteiger partial charge is 0.363 e. The Balaban J connectivity index is 1.73. The van der Waals surface area contributed by atoms with E-state index in [0.29, 0.717) is 6.54 Å². The summed E-state index contributed by atoms with van der Waals surface area (Å²) in [7, 11) is 3.89. The zero-order valence-corrected chi connectivity index (χ0v) is 14.6. The Labute approximate surface area is 144 Å². The van der Waals surface area contributed by atoms with Gasteiger partial charge >= 0.3 is 6.03 Å². The van der Waals surface area contributed by atoms with Gasteiger partial charge in [-0.2, -0.15) is 0 Å². The zero-order valence-electron chi connectivity index (χ0n) is 14.6. The SMILES string of the molecule is CC(CCc1ccccc1)NC(=O)NCc1ccnc(N(C)C)c1. The van der Waals surface area contributed by atoms with Crippen molar-refractivity contribution in [3.63, 3.8) is 0 Å². The number of rotatable bonds is 7. The number of carbonyl (C=O) groups is 1. The van der Waals surface area contributed by atoms with Gasteiger partial charge in [-0.05, 0) is 43.0 Å². The zero-order chi connectivity index (χ0) is 17.4. The van der Waals surface area contributed by atoms with Crippen LogP contribution in [0, 0.1) is 0 Å². The van der Waals surface area contributed by atoms with Crippen LogP contribution >= 0.6 is 0 Å². The minimum atomic E-state index is -0.140. The van der Waals surface area contributed by atoms with Gasteiger partial charge in [0.15, 0.2) is 0 Å². The molecular weight excluding hydrogens is 300 g/mol. The van der Waals surface area contributed by atoms with Crippen molar-refractivity contribution >= 4 is 11.8 Å². The van der Waals surface area contributed by atoms with E-state index in [2.05, 4.69) is 27.8 Å². The lowest BCUT2D eigenvalue weighted by molar-refractivity contribution is 0.237. The quantitative estimate of drug-likeness (QED) is 0.822. The predicted molar refractivity (Wildman–Crippen MR) is 98.2 cm³/mol. The molecule has 0 fully saturated rings. The highest BCUT2D eigenvalue weighted by Gasteiger charge is 2.07. The van der Waals surface area contributed by atoms with Crippen molar-refractivity contribution in [1.29, 1.82) is 0 Å². The molecule has 2 rings (SSSR count). The lowest BCUT2D eigenvalue weighted by Gasteiger charge is -2.15. The van der Waals surface area contributed by atoms with Gasteiger partial charge < -0.3 is 15.5 Å². The molecule has 0 saturated carbocycles. The fourth-order valence-electron chi connectivity index (χ4n) is 2.37. The van der Waals surface area contributed by atoms with Gasteiger partial charge in [-0.15, -0.1) is 0 Å². The molecule has 1 aromatic carbocycles. The molecule has 1 unspecified atom stereocenters. The summed E-state index contributed by atoms with van der Waals surface area (Å²) in [6, 6.07) is 14.2. The van der Waals surface area contributed by atoms with Crippen molar-refractivity contribution in [2.24, 2.45) is 0 Å². The Bertz CT molecular complexity index is 643. The highest BCUT2D eigenvalue weighted by molar-refractivity contribution is 5.74. The van der Waals surface area contributed by atoms with E-state index in [0.717, 1.165) is 24.2 Å². The van der Waals surface area contributed by atoms with E-state index in [1.54, 1.807) is 6.20 Å². The molecule has 2 N–H and O–H groups in total. The number of nitrogens with zero attached hydrogens (tertiary/aromatic N) is 2. The summed E-state index contributed by atoms with van der Waals surface area (Å²) in [6.07, 6.45) is 3.63. The summed E-state index contributed by atoms with van der Waals surface area (Å²) in [5.74, 6) is 0.880. The molecule has 128 valence electrons. The fraction of sp³-hybridized carbons (Fsp3) is 0.368. The van der Waals surface area contributed by atoms with E-state index in [4.69, 9.17) is 0 Å². The van der Waals surface area contributed by atoms with Crippen LogP contribution in [0.25, 0.3) is 0 Å².